The third-order valence-electron chi connectivity index (χ3n) is 2.22. The van der Waals surface area contributed by atoms with Crippen molar-refractivity contribution in [1.82, 2.24) is 4.98 Å². The molecule has 0 radical (unpaired) electrons. The molecule has 0 aliphatic carbocycles. The number of ether oxygens (including phenoxy) is 1. The quantitative estimate of drug-likeness (QED) is 0.838. The fraction of sp³-hybridized carbons (Fsp3) is 0.200. The molecule has 2 rings (SSSR count). The van der Waals surface area contributed by atoms with Gasteiger partial charge in [0.1, 0.15) is 11.6 Å². The second-order valence-corrected chi connectivity index (χ2v) is 4.34. The molecular formula is C15H19N3O2. The Morgan fingerprint density at radius 3 is 2.35 bits per heavy atom. The van der Waals surface area contributed by atoms with Crippen LogP contribution in [0.5, 0.6) is 5.75 Å². The number of para-hydroxylation sites is 1. The summed E-state index contributed by atoms with van der Waals surface area (Å²) in [5.74, 6) is 1.15. The average Bonchev–Trinajstić information content (AvgIpc) is 2.43. The van der Waals surface area contributed by atoms with Crippen LogP contribution in [-0.4, -0.2) is 17.4 Å². The van der Waals surface area contributed by atoms with Gasteiger partial charge in [-0.1, -0.05) is 12.1 Å². The Labute approximate surface area is 118 Å². The molecule has 0 saturated carbocycles. The number of aldehydes is 1. The van der Waals surface area contributed by atoms with Gasteiger partial charge in [-0.05, 0) is 38.1 Å². The van der Waals surface area contributed by atoms with Crippen molar-refractivity contribution >= 4 is 17.8 Å². The summed E-state index contributed by atoms with van der Waals surface area (Å²) in [6.45, 7) is 3.86. The first-order valence-electron chi connectivity index (χ1n) is 6.20. The molecule has 2 aromatic rings. The van der Waals surface area contributed by atoms with E-state index >= 15 is 0 Å². The molecular weight excluding hydrogens is 254 g/mol. The van der Waals surface area contributed by atoms with Gasteiger partial charge in [-0.3, -0.25) is 4.79 Å². The third kappa shape index (κ3) is 5.39. The van der Waals surface area contributed by atoms with E-state index in [1.165, 1.54) is 6.20 Å². The molecule has 106 valence electrons. The van der Waals surface area contributed by atoms with E-state index in [-0.39, 0.29) is 6.10 Å². The zero-order valence-electron chi connectivity index (χ0n) is 11.6. The van der Waals surface area contributed by atoms with Crippen LogP contribution >= 0.6 is 0 Å². The monoisotopic (exact) mass is 273 g/mol. The van der Waals surface area contributed by atoms with Crippen molar-refractivity contribution in [2.75, 3.05) is 11.5 Å². The maximum atomic E-state index is 10.5. The van der Waals surface area contributed by atoms with Gasteiger partial charge in [0.15, 0.2) is 6.29 Å². The van der Waals surface area contributed by atoms with E-state index in [1.807, 2.05) is 26.0 Å². The van der Waals surface area contributed by atoms with Gasteiger partial charge in [0, 0.05) is 0 Å². The predicted octanol–water partition coefficient (Wildman–Crippen LogP) is 2.53. The smallest absolute Gasteiger partial charge is 0.153 e. The molecule has 1 aromatic carbocycles. The van der Waals surface area contributed by atoms with Gasteiger partial charge in [0.25, 0.3) is 0 Å². The molecule has 0 bridgehead atoms. The maximum absolute atomic E-state index is 10.5. The van der Waals surface area contributed by atoms with Gasteiger partial charge < -0.3 is 16.2 Å². The molecule has 0 aliphatic heterocycles. The van der Waals surface area contributed by atoms with Crippen molar-refractivity contribution in [3.8, 4) is 5.75 Å². The van der Waals surface area contributed by atoms with Crippen LogP contribution in [0.1, 0.15) is 24.2 Å². The Bertz CT molecular complexity index is 518. The van der Waals surface area contributed by atoms with E-state index in [2.05, 4.69) is 4.98 Å². The molecule has 0 atom stereocenters. The van der Waals surface area contributed by atoms with Crippen molar-refractivity contribution in [3.63, 3.8) is 0 Å². The van der Waals surface area contributed by atoms with Crippen molar-refractivity contribution in [2.45, 2.75) is 20.0 Å². The van der Waals surface area contributed by atoms with E-state index in [0.717, 1.165) is 6.29 Å². The Morgan fingerprint density at radius 1 is 1.15 bits per heavy atom. The SMILES string of the molecule is CC(C)Oc1ccccc1C=O.Nc1ccc(N)nc1. The van der Waals surface area contributed by atoms with E-state index in [0.29, 0.717) is 22.8 Å². The molecule has 0 aliphatic rings. The average molecular weight is 273 g/mol. The molecule has 5 nitrogen and oxygen atoms in total. The fourth-order valence-electron chi connectivity index (χ4n) is 1.36. The molecule has 0 unspecified atom stereocenters. The second-order valence-electron chi connectivity index (χ2n) is 4.34. The molecule has 1 heterocycles. The van der Waals surface area contributed by atoms with Crippen LogP contribution in [0.15, 0.2) is 42.6 Å². The highest BCUT2D eigenvalue weighted by Crippen LogP contribution is 2.16. The Hall–Kier alpha value is -2.56. The zero-order chi connectivity index (χ0) is 15.0. The highest BCUT2D eigenvalue weighted by Gasteiger charge is 2.02. The van der Waals surface area contributed by atoms with Crippen LogP contribution in [0, 0.1) is 0 Å². The summed E-state index contributed by atoms with van der Waals surface area (Å²) in [7, 11) is 0. The topological polar surface area (TPSA) is 91.2 Å². The number of nitrogens with two attached hydrogens (primary N) is 2. The molecule has 0 spiro atoms. The molecule has 0 amide bonds. The minimum absolute atomic E-state index is 0.103. The number of benzene rings is 1. The third-order valence-corrected chi connectivity index (χ3v) is 2.22. The highest BCUT2D eigenvalue weighted by molar-refractivity contribution is 5.79. The van der Waals surface area contributed by atoms with Gasteiger partial charge in [-0.2, -0.15) is 0 Å². The van der Waals surface area contributed by atoms with Gasteiger partial charge in [0.2, 0.25) is 0 Å². The summed E-state index contributed by atoms with van der Waals surface area (Å²) in [6, 6.07) is 10.6. The van der Waals surface area contributed by atoms with Crippen molar-refractivity contribution in [1.29, 1.82) is 0 Å². The minimum atomic E-state index is 0.103. The number of carbonyl (C=O) groups is 1. The number of pyridine rings is 1. The molecule has 1 aromatic heterocycles. The van der Waals surface area contributed by atoms with E-state index < -0.39 is 0 Å². The Kier molecular flexibility index (Phi) is 6.03. The highest BCUT2D eigenvalue weighted by atomic mass is 16.5. The first-order valence-corrected chi connectivity index (χ1v) is 6.20. The number of carbonyl (C=O) groups excluding carboxylic acids is 1. The lowest BCUT2D eigenvalue weighted by Gasteiger charge is -2.10. The number of nitrogen functional groups attached to an aromatic ring is 2. The lowest BCUT2D eigenvalue weighted by atomic mass is 10.2. The lowest BCUT2D eigenvalue weighted by Crippen LogP contribution is -2.06. The number of anilines is 2. The summed E-state index contributed by atoms with van der Waals surface area (Å²) in [4.78, 5) is 14.3. The van der Waals surface area contributed by atoms with Crippen LogP contribution in [0.3, 0.4) is 0 Å². The van der Waals surface area contributed by atoms with Crippen LogP contribution < -0.4 is 16.2 Å². The van der Waals surface area contributed by atoms with Crippen LogP contribution in [0.2, 0.25) is 0 Å². The van der Waals surface area contributed by atoms with Crippen LogP contribution in [0.4, 0.5) is 11.5 Å². The molecule has 0 saturated heterocycles. The van der Waals surface area contributed by atoms with E-state index in [4.69, 9.17) is 16.2 Å². The largest absolute Gasteiger partial charge is 0.490 e. The number of hydrogen-bond acceptors (Lipinski definition) is 5. The zero-order valence-corrected chi connectivity index (χ0v) is 11.6. The van der Waals surface area contributed by atoms with Crippen LogP contribution in [0.25, 0.3) is 0 Å². The first-order chi connectivity index (χ1) is 9.52. The number of rotatable bonds is 3. The van der Waals surface area contributed by atoms with Crippen molar-refractivity contribution < 1.29 is 9.53 Å². The Balaban J connectivity index is 0.000000217. The Morgan fingerprint density at radius 2 is 1.85 bits per heavy atom. The van der Waals surface area contributed by atoms with Gasteiger partial charge >= 0.3 is 0 Å². The maximum Gasteiger partial charge on any atom is 0.153 e. The van der Waals surface area contributed by atoms with E-state index in [9.17, 15) is 4.79 Å². The van der Waals surface area contributed by atoms with Crippen molar-refractivity contribution in [2.24, 2.45) is 0 Å². The summed E-state index contributed by atoms with van der Waals surface area (Å²) < 4.78 is 5.40. The van der Waals surface area contributed by atoms with Gasteiger partial charge in [0.05, 0.1) is 23.6 Å². The summed E-state index contributed by atoms with van der Waals surface area (Å²) >= 11 is 0. The standard InChI is InChI=1S/C10H12O2.C5H7N3/c1-8(2)12-10-6-4-3-5-9(10)7-11;6-4-1-2-5(7)8-3-4/h3-8H,1-2H3;1-3H,6H2,(H2,7,8). The number of aromatic nitrogens is 1. The van der Waals surface area contributed by atoms with E-state index in [1.54, 1.807) is 24.3 Å². The number of nitrogens with zero attached hydrogens (tertiary/aromatic N) is 1. The fourth-order valence-corrected chi connectivity index (χ4v) is 1.36. The molecule has 0 fully saturated rings. The number of hydrogen-bond donors (Lipinski definition) is 2. The summed E-state index contributed by atoms with van der Waals surface area (Å²) in [5, 5.41) is 0. The normalized spacial score (nSPS) is 9.55. The van der Waals surface area contributed by atoms with Crippen LogP contribution in [-0.2, 0) is 0 Å². The molecule has 5 heteroatoms. The van der Waals surface area contributed by atoms with Gasteiger partial charge in [-0.15, -0.1) is 0 Å². The predicted molar refractivity (Wildman–Crippen MR) is 80.7 cm³/mol. The van der Waals surface area contributed by atoms with Gasteiger partial charge in [-0.25, -0.2) is 4.98 Å². The minimum Gasteiger partial charge on any atom is -0.490 e. The molecule has 20 heavy (non-hydrogen) atoms. The summed E-state index contributed by atoms with van der Waals surface area (Å²) in [6.07, 6.45) is 2.43. The first kappa shape index (κ1) is 15.5. The lowest BCUT2D eigenvalue weighted by molar-refractivity contribution is 0.111. The molecule has 4 N–H and O–H groups in total. The summed E-state index contributed by atoms with van der Waals surface area (Å²) in [5.41, 5.74) is 11.8. The second kappa shape index (κ2) is 7.78. The van der Waals surface area contributed by atoms with Crippen molar-refractivity contribution in [3.05, 3.63) is 48.2 Å².